The molecule has 0 heterocycles. The van der Waals surface area contributed by atoms with Gasteiger partial charge in [-0.15, -0.1) is 0 Å². The van der Waals surface area contributed by atoms with Crippen LogP contribution in [0.15, 0.2) is 18.2 Å². The molecule has 1 saturated carbocycles. The molecule has 0 unspecified atom stereocenters. The third kappa shape index (κ3) is 2.00. The second-order valence-corrected chi connectivity index (χ2v) is 4.46. The third-order valence-electron chi connectivity index (χ3n) is 2.04. The number of nitrogens with two attached hydrogens (primary N) is 1. The lowest BCUT2D eigenvalue weighted by Gasteiger charge is -2.09. The molecule has 3 nitrogen and oxygen atoms in total. The van der Waals surface area contributed by atoms with Gasteiger partial charge in [0.15, 0.2) is 0 Å². The van der Waals surface area contributed by atoms with Gasteiger partial charge < -0.3 is 10.5 Å². The van der Waals surface area contributed by atoms with E-state index in [0.717, 1.165) is 16.4 Å². The molecule has 1 aromatic rings. The summed E-state index contributed by atoms with van der Waals surface area (Å²) in [6.07, 6.45) is 2.43. The Morgan fingerprint density at radius 1 is 1.50 bits per heavy atom. The third-order valence-corrected chi connectivity index (χ3v) is 2.94. The number of rotatable bonds is 3. The van der Waals surface area contributed by atoms with Crippen LogP contribution in [0.3, 0.4) is 0 Å². The van der Waals surface area contributed by atoms with Crippen molar-refractivity contribution in [2.45, 2.75) is 18.9 Å². The Kier molecular flexibility index (Phi) is 2.62. The lowest BCUT2D eigenvalue weighted by Crippen LogP contribution is -2.15. The summed E-state index contributed by atoms with van der Waals surface area (Å²) in [5.41, 5.74) is 5.79. The number of amides is 1. The van der Waals surface area contributed by atoms with Crippen LogP contribution in [0.5, 0.6) is 5.75 Å². The van der Waals surface area contributed by atoms with E-state index in [-0.39, 0.29) is 6.10 Å². The first kappa shape index (κ1) is 9.76. The number of hydrogen-bond acceptors (Lipinski definition) is 2. The average molecular weight is 303 g/mol. The highest BCUT2D eigenvalue weighted by Gasteiger charge is 2.25. The summed E-state index contributed by atoms with van der Waals surface area (Å²) >= 11 is 2.09. The van der Waals surface area contributed by atoms with Crippen LogP contribution in [-0.4, -0.2) is 12.0 Å². The highest BCUT2D eigenvalue weighted by molar-refractivity contribution is 14.1. The van der Waals surface area contributed by atoms with E-state index < -0.39 is 5.91 Å². The van der Waals surface area contributed by atoms with Crippen molar-refractivity contribution in [3.05, 3.63) is 27.3 Å². The number of carbonyl (C=O) groups is 1. The molecule has 74 valence electrons. The summed E-state index contributed by atoms with van der Waals surface area (Å²) in [7, 11) is 0. The van der Waals surface area contributed by atoms with Crippen LogP contribution >= 0.6 is 22.6 Å². The number of halogens is 1. The highest BCUT2D eigenvalue weighted by atomic mass is 127. The molecule has 1 amide bonds. The smallest absolute Gasteiger partial charge is 0.253 e. The van der Waals surface area contributed by atoms with Gasteiger partial charge in [-0.2, -0.15) is 0 Å². The quantitative estimate of drug-likeness (QED) is 0.868. The zero-order valence-electron chi connectivity index (χ0n) is 7.50. The van der Waals surface area contributed by atoms with Gasteiger partial charge in [0.25, 0.3) is 5.91 Å². The maximum absolute atomic E-state index is 11.2. The molecule has 0 aromatic heterocycles. The van der Waals surface area contributed by atoms with Crippen LogP contribution < -0.4 is 10.5 Å². The Hall–Kier alpha value is -0.780. The molecule has 14 heavy (non-hydrogen) atoms. The Labute approximate surface area is 95.8 Å². The number of carbonyl (C=O) groups excluding carboxylic acids is 1. The van der Waals surface area contributed by atoms with Crippen molar-refractivity contribution in [3.63, 3.8) is 0 Å². The Morgan fingerprint density at radius 3 is 2.79 bits per heavy atom. The van der Waals surface area contributed by atoms with Crippen LogP contribution in [0.25, 0.3) is 0 Å². The Balaban J connectivity index is 2.35. The van der Waals surface area contributed by atoms with E-state index in [2.05, 4.69) is 22.6 Å². The molecule has 1 aliphatic rings. The van der Waals surface area contributed by atoms with Crippen molar-refractivity contribution in [2.24, 2.45) is 5.73 Å². The van der Waals surface area contributed by atoms with Crippen molar-refractivity contribution in [3.8, 4) is 5.75 Å². The largest absolute Gasteiger partial charge is 0.490 e. The summed E-state index contributed by atoms with van der Waals surface area (Å²) in [6.45, 7) is 0. The second-order valence-electron chi connectivity index (χ2n) is 3.29. The molecule has 1 aromatic carbocycles. The topological polar surface area (TPSA) is 52.3 Å². The second kappa shape index (κ2) is 3.76. The minimum atomic E-state index is -0.425. The van der Waals surface area contributed by atoms with E-state index in [1.54, 1.807) is 6.07 Å². The van der Waals surface area contributed by atoms with Gasteiger partial charge in [0.1, 0.15) is 5.75 Å². The van der Waals surface area contributed by atoms with Crippen LogP contribution in [-0.2, 0) is 0 Å². The molecule has 0 aliphatic heterocycles. The fraction of sp³-hybridized carbons (Fsp3) is 0.300. The van der Waals surface area contributed by atoms with Crippen LogP contribution in [0.4, 0.5) is 0 Å². The molecule has 1 aliphatic carbocycles. The summed E-state index contributed by atoms with van der Waals surface area (Å²) in [4.78, 5) is 11.2. The summed E-state index contributed by atoms with van der Waals surface area (Å²) in [6, 6.07) is 5.51. The molecule has 0 bridgehead atoms. The Morgan fingerprint density at radius 2 is 2.21 bits per heavy atom. The van der Waals surface area contributed by atoms with Gasteiger partial charge in [0.2, 0.25) is 0 Å². The van der Waals surface area contributed by atoms with Crippen LogP contribution in [0.2, 0.25) is 0 Å². The zero-order chi connectivity index (χ0) is 10.1. The first-order valence-electron chi connectivity index (χ1n) is 4.43. The monoisotopic (exact) mass is 303 g/mol. The fourth-order valence-electron chi connectivity index (χ4n) is 1.21. The van der Waals surface area contributed by atoms with Gasteiger partial charge in [-0.3, -0.25) is 4.79 Å². The molecule has 0 radical (unpaired) electrons. The number of primary amides is 1. The highest BCUT2D eigenvalue weighted by Crippen LogP contribution is 2.30. The van der Waals surface area contributed by atoms with Crippen molar-refractivity contribution >= 4 is 28.5 Å². The zero-order valence-corrected chi connectivity index (χ0v) is 9.65. The molecule has 4 heteroatoms. The van der Waals surface area contributed by atoms with Gasteiger partial charge in [0.05, 0.1) is 11.7 Å². The lowest BCUT2D eigenvalue weighted by atomic mass is 10.2. The number of ether oxygens (including phenoxy) is 1. The standard InChI is InChI=1S/C10H10INO2/c11-7-2-1-3-8(9(7)10(12)13)14-6-4-5-6/h1-3,6H,4-5H2,(H2,12,13). The molecule has 0 spiro atoms. The summed E-state index contributed by atoms with van der Waals surface area (Å²) in [5, 5.41) is 0. The number of benzene rings is 1. The minimum Gasteiger partial charge on any atom is -0.490 e. The first-order chi connectivity index (χ1) is 6.68. The van der Waals surface area contributed by atoms with Gasteiger partial charge in [-0.05, 0) is 47.6 Å². The first-order valence-corrected chi connectivity index (χ1v) is 5.51. The van der Waals surface area contributed by atoms with Crippen molar-refractivity contribution in [1.82, 2.24) is 0 Å². The molecular formula is C10H10INO2. The van der Waals surface area contributed by atoms with E-state index in [9.17, 15) is 4.79 Å². The van der Waals surface area contributed by atoms with Crippen molar-refractivity contribution in [2.75, 3.05) is 0 Å². The molecule has 0 saturated heterocycles. The van der Waals surface area contributed by atoms with E-state index >= 15 is 0 Å². The predicted molar refractivity (Wildman–Crippen MR) is 61.3 cm³/mol. The lowest BCUT2D eigenvalue weighted by molar-refractivity contribution is 0.0995. The summed E-state index contributed by atoms with van der Waals surface area (Å²) < 4.78 is 6.43. The van der Waals surface area contributed by atoms with E-state index in [0.29, 0.717) is 11.3 Å². The van der Waals surface area contributed by atoms with Crippen LogP contribution in [0, 0.1) is 3.57 Å². The van der Waals surface area contributed by atoms with Crippen LogP contribution in [0.1, 0.15) is 23.2 Å². The molecule has 0 atom stereocenters. The Bertz CT molecular complexity index is 374. The van der Waals surface area contributed by atoms with E-state index in [1.165, 1.54) is 0 Å². The van der Waals surface area contributed by atoms with Gasteiger partial charge in [-0.25, -0.2) is 0 Å². The predicted octanol–water partition coefficient (Wildman–Crippen LogP) is 1.93. The molecule has 2 N–H and O–H groups in total. The normalized spacial score (nSPS) is 15.2. The van der Waals surface area contributed by atoms with Gasteiger partial charge >= 0.3 is 0 Å². The molecular weight excluding hydrogens is 293 g/mol. The fourth-order valence-corrected chi connectivity index (χ4v) is 1.95. The number of hydrogen-bond donors (Lipinski definition) is 1. The van der Waals surface area contributed by atoms with Gasteiger partial charge in [0, 0.05) is 3.57 Å². The van der Waals surface area contributed by atoms with E-state index in [4.69, 9.17) is 10.5 Å². The van der Waals surface area contributed by atoms with Crippen molar-refractivity contribution in [1.29, 1.82) is 0 Å². The van der Waals surface area contributed by atoms with Crippen molar-refractivity contribution < 1.29 is 9.53 Å². The SMILES string of the molecule is NC(=O)c1c(I)cccc1OC1CC1. The van der Waals surface area contributed by atoms with E-state index in [1.807, 2.05) is 12.1 Å². The maximum Gasteiger partial charge on any atom is 0.253 e. The average Bonchev–Trinajstić information content (AvgIpc) is 2.87. The van der Waals surface area contributed by atoms with Gasteiger partial charge in [-0.1, -0.05) is 6.07 Å². The summed E-state index contributed by atoms with van der Waals surface area (Å²) in [5.74, 6) is 0.192. The molecule has 1 fully saturated rings. The minimum absolute atomic E-state index is 0.284. The molecule has 2 rings (SSSR count). The maximum atomic E-state index is 11.2.